The zero-order valence-corrected chi connectivity index (χ0v) is 11.1. The van der Waals surface area contributed by atoms with Gasteiger partial charge in [-0.05, 0) is 23.8 Å². The topological polar surface area (TPSA) is 90.5 Å². The van der Waals surface area contributed by atoms with Crippen LogP contribution in [0.1, 0.15) is 5.56 Å². The normalized spacial score (nSPS) is 11.8. The van der Waals surface area contributed by atoms with Crippen LogP contribution in [0, 0.1) is 0 Å². The van der Waals surface area contributed by atoms with E-state index < -0.39 is 5.54 Å². The van der Waals surface area contributed by atoms with Crippen molar-refractivity contribution in [3.8, 4) is 5.69 Å². The van der Waals surface area contributed by atoms with Gasteiger partial charge in [-0.25, -0.2) is 4.68 Å². The van der Waals surface area contributed by atoms with Crippen molar-refractivity contribution in [3.63, 3.8) is 0 Å². The predicted molar refractivity (Wildman–Crippen MR) is 74.4 cm³/mol. The number of nitrogens with zero attached hydrogens (tertiary/aromatic N) is 2. The minimum Gasteiger partial charge on any atom is -0.394 e. The molecule has 108 valence electrons. The van der Waals surface area contributed by atoms with E-state index in [0.717, 1.165) is 11.3 Å². The van der Waals surface area contributed by atoms with Crippen molar-refractivity contribution in [2.24, 2.45) is 0 Å². The van der Waals surface area contributed by atoms with Gasteiger partial charge in [0.05, 0.1) is 31.0 Å². The van der Waals surface area contributed by atoms with Crippen LogP contribution in [0.2, 0.25) is 0 Å². The molecule has 0 spiro atoms. The van der Waals surface area contributed by atoms with Crippen molar-refractivity contribution in [2.75, 3.05) is 19.8 Å². The summed E-state index contributed by atoms with van der Waals surface area (Å²) >= 11 is 0. The fraction of sp³-hybridized carbons (Fsp3) is 0.357. The molecule has 0 fully saturated rings. The molecule has 0 amide bonds. The summed E-state index contributed by atoms with van der Waals surface area (Å²) in [5, 5.41) is 34.8. The van der Waals surface area contributed by atoms with Crippen molar-refractivity contribution in [3.05, 3.63) is 48.3 Å². The standard InChI is InChI=1S/C14H19N3O3/c18-9-14(10-19,11-20)15-8-12-2-4-13(5-3-12)17-7-1-6-16-17/h1-7,15,18-20H,8-11H2. The SMILES string of the molecule is OCC(CO)(CO)NCc1ccc(-n2cccn2)cc1. The maximum atomic E-state index is 9.23. The van der Waals surface area contributed by atoms with E-state index in [9.17, 15) is 15.3 Å². The fourth-order valence-corrected chi connectivity index (χ4v) is 1.80. The molecule has 0 saturated heterocycles. The number of aliphatic hydroxyl groups is 3. The molecule has 0 bridgehead atoms. The largest absolute Gasteiger partial charge is 0.394 e. The maximum Gasteiger partial charge on any atom is 0.0884 e. The fourth-order valence-electron chi connectivity index (χ4n) is 1.80. The molecular weight excluding hydrogens is 258 g/mol. The second-order valence-corrected chi connectivity index (χ2v) is 4.73. The first-order valence-electron chi connectivity index (χ1n) is 6.39. The van der Waals surface area contributed by atoms with Gasteiger partial charge in [-0.3, -0.25) is 0 Å². The monoisotopic (exact) mass is 277 g/mol. The van der Waals surface area contributed by atoms with E-state index >= 15 is 0 Å². The van der Waals surface area contributed by atoms with Crippen molar-refractivity contribution in [1.29, 1.82) is 0 Å². The summed E-state index contributed by atoms with van der Waals surface area (Å²) in [4.78, 5) is 0. The number of aromatic nitrogens is 2. The second kappa shape index (κ2) is 6.62. The molecule has 20 heavy (non-hydrogen) atoms. The zero-order valence-electron chi connectivity index (χ0n) is 11.1. The highest BCUT2D eigenvalue weighted by molar-refractivity contribution is 5.33. The number of benzene rings is 1. The van der Waals surface area contributed by atoms with E-state index in [2.05, 4.69) is 10.4 Å². The van der Waals surface area contributed by atoms with Gasteiger partial charge < -0.3 is 20.6 Å². The van der Waals surface area contributed by atoms with Crippen LogP contribution in [0.5, 0.6) is 0 Å². The lowest BCUT2D eigenvalue weighted by molar-refractivity contribution is 0.0414. The Morgan fingerprint density at radius 2 is 1.70 bits per heavy atom. The summed E-state index contributed by atoms with van der Waals surface area (Å²) in [7, 11) is 0. The van der Waals surface area contributed by atoms with Crippen LogP contribution >= 0.6 is 0 Å². The first-order valence-corrected chi connectivity index (χ1v) is 6.39. The van der Waals surface area contributed by atoms with Gasteiger partial charge in [0.2, 0.25) is 0 Å². The van der Waals surface area contributed by atoms with Gasteiger partial charge in [0.15, 0.2) is 0 Å². The Kier molecular flexibility index (Phi) is 4.86. The lowest BCUT2D eigenvalue weighted by Crippen LogP contribution is -2.54. The molecule has 1 aromatic heterocycles. The van der Waals surface area contributed by atoms with E-state index in [1.165, 1.54) is 0 Å². The highest BCUT2D eigenvalue weighted by atomic mass is 16.3. The summed E-state index contributed by atoms with van der Waals surface area (Å²) in [5.41, 5.74) is 0.887. The molecule has 2 aromatic rings. The molecule has 0 aliphatic carbocycles. The summed E-state index contributed by atoms with van der Waals surface area (Å²) < 4.78 is 1.76. The third-order valence-electron chi connectivity index (χ3n) is 3.28. The van der Waals surface area contributed by atoms with Crippen molar-refractivity contribution in [1.82, 2.24) is 15.1 Å². The van der Waals surface area contributed by atoms with E-state index in [1.54, 1.807) is 10.9 Å². The molecular formula is C14H19N3O3. The zero-order chi connectivity index (χ0) is 14.4. The molecule has 0 radical (unpaired) electrons. The van der Waals surface area contributed by atoms with Crippen molar-refractivity contribution in [2.45, 2.75) is 12.1 Å². The Hall–Kier alpha value is -1.73. The lowest BCUT2D eigenvalue weighted by atomic mass is 10.0. The summed E-state index contributed by atoms with van der Waals surface area (Å²) in [6, 6.07) is 9.58. The van der Waals surface area contributed by atoms with Gasteiger partial charge in [-0.1, -0.05) is 12.1 Å². The molecule has 0 aliphatic heterocycles. The molecule has 2 rings (SSSR count). The summed E-state index contributed by atoms with van der Waals surface area (Å²) in [5.74, 6) is 0. The minimum absolute atomic E-state index is 0.328. The Bertz CT molecular complexity index is 499. The van der Waals surface area contributed by atoms with Crippen LogP contribution < -0.4 is 5.32 Å². The second-order valence-electron chi connectivity index (χ2n) is 4.73. The number of rotatable bonds is 7. The Morgan fingerprint density at radius 1 is 1.05 bits per heavy atom. The first kappa shape index (κ1) is 14.7. The average Bonchev–Trinajstić information content (AvgIpc) is 3.04. The Morgan fingerprint density at radius 3 is 2.20 bits per heavy atom. The summed E-state index contributed by atoms with van der Waals surface area (Å²) in [6.45, 7) is -0.539. The van der Waals surface area contributed by atoms with Crippen LogP contribution in [-0.4, -0.2) is 50.5 Å². The van der Waals surface area contributed by atoms with Gasteiger partial charge in [0.1, 0.15) is 0 Å². The molecule has 4 N–H and O–H groups in total. The van der Waals surface area contributed by atoms with Gasteiger partial charge in [-0.2, -0.15) is 5.10 Å². The van der Waals surface area contributed by atoms with E-state index in [-0.39, 0.29) is 19.8 Å². The van der Waals surface area contributed by atoms with E-state index in [0.29, 0.717) is 6.54 Å². The van der Waals surface area contributed by atoms with E-state index in [4.69, 9.17) is 0 Å². The van der Waals surface area contributed by atoms with Crippen LogP contribution in [0.4, 0.5) is 0 Å². The minimum atomic E-state index is -1.05. The smallest absolute Gasteiger partial charge is 0.0884 e. The Labute approximate surface area is 117 Å². The predicted octanol–water partition coefficient (Wildman–Crippen LogP) is -0.322. The molecule has 0 atom stereocenters. The highest BCUT2D eigenvalue weighted by Gasteiger charge is 2.26. The molecule has 1 heterocycles. The quantitative estimate of drug-likeness (QED) is 0.557. The van der Waals surface area contributed by atoms with Gasteiger partial charge >= 0.3 is 0 Å². The molecule has 0 aliphatic rings. The van der Waals surface area contributed by atoms with Gasteiger partial charge in [0.25, 0.3) is 0 Å². The van der Waals surface area contributed by atoms with Crippen LogP contribution in [0.15, 0.2) is 42.7 Å². The average molecular weight is 277 g/mol. The maximum absolute atomic E-state index is 9.23. The third kappa shape index (κ3) is 3.23. The summed E-state index contributed by atoms with van der Waals surface area (Å²) in [6.07, 6.45) is 3.58. The first-order chi connectivity index (χ1) is 9.73. The number of hydrogen-bond acceptors (Lipinski definition) is 5. The third-order valence-corrected chi connectivity index (χ3v) is 3.28. The molecule has 6 heteroatoms. The number of nitrogens with one attached hydrogen (secondary N) is 1. The molecule has 6 nitrogen and oxygen atoms in total. The molecule has 0 unspecified atom stereocenters. The van der Waals surface area contributed by atoms with E-state index in [1.807, 2.05) is 36.5 Å². The lowest BCUT2D eigenvalue weighted by Gasteiger charge is -2.28. The molecule has 0 saturated carbocycles. The number of hydrogen-bond donors (Lipinski definition) is 4. The van der Waals surface area contributed by atoms with Crippen molar-refractivity contribution < 1.29 is 15.3 Å². The highest BCUT2D eigenvalue weighted by Crippen LogP contribution is 2.10. The van der Waals surface area contributed by atoms with Gasteiger partial charge in [-0.15, -0.1) is 0 Å². The Balaban J connectivity index is 2.01. The van der Waals surface area contributed by atoms with Crippen LogP contribution in [-0.2, 0) is 6.54 Å². The van der Waals surface area contributed by atoms with Crippen molar-refractivity contribution >= 4 is 0 Å². The van der Waals surface area contributed by atoms with Gasteiger partial charge in [0, 0.05) is 18.9 Å². The molecule has 1 aromatic carbocycles. The number of aliphatic hydroxyl groups excluding tert-OH is 3. The van der Waals surface area contributed by atoms with Crippen LogP contribution in [0.3, 0.4) is 0 Å². The van der Waals surface area contributed by atoms with Crippen LogP contribution in [0.25, 0.3) is 5.69 Å².